The third-order valence-corrected chi connectivity index (χ3v) is 25.3. The summed E-state index contributed by atoms with van der Waals surface area (Å²) in [5.41, 5.74) is 25.2. The number of thioether (sulfide) groups is 1. The number of nitrogens with one attached hydrogen (secondary N) is 8. The fourth-order valence-corrected chi connectivity index (χ4v) is 17.0. The van der Waals surface area contributed by atoms with Crippen LogP contribution < -0.4 is 65.8 Å². The average molecular weight is 1850 g/mol. The van der Waals surface area contributed by atoms with E-state index in [0.29, 0.717) is 113 Å². The quantitative estimate of drug-likeness (QED) is 0.0142. The van der Waals surface area contributed by atoms with Gasteiger partial charge in [-0.05, 0) is 122 Å². The molecule has 1 aromatic carbocycles. The van der Waals surface area contributed by atoms with Crippen molar-refractivity contribution in [1.29, 1.82) is 0 Å². The molecule has 6 amide bonds. The number of hydrogen-bond acceptors (Lipinski definition) is 22. The minimum absolute atomic E-state index is 0.000143. The summed E-state index contributed by atoms with van der Waals surface area (Å²) in [4.78, 5) is 165. The van der Waals surface area contributed by atoms with E-state index in [4.69, 9.17) is 32.4 Å². The number of carboxylic acid groups (broad SMARTS) is 1. The molecule has 0 radical (unpaired) electrons. The number of rotatable bonds is 87. The first-order chi connectivity index (χ1) is 63.2. The number of nitrogen functional groups attached to an aromatic ring is 1. The Kier molecular flexibility index (Phi) is 68.6. The second kappa shape index (κ2) is 76.6. The normalized spacial score (nSPS) is 13.0. The Morgan fingerprint density at radius 2 is 0.792 bits per heavy atom. The molecular formula is C99H175N15O15S. The monoisotopic (exact) mass is 1850 g/mol. The molecule has 0 bridgehead atoms. The summed E-state index contributed by atoms with van der Waals surface area (Å²) in [5, 5.41) is 40.7. The standard InChI is InChI=1S/C99H175N15O15S/c1-5-9-13-16-19-22-25-28-31-34-37-40-46-60-86(117)105-84(75-130-74-78(129-88(119)62-48-42-39-36-33-30-27-24-21-18-15-11-7-3)73-128-87(118)61-47-41-38-35-32-29-26-23-20-17-14-10-6-2)96(124)110-83(72-115)95(123)108-81(57-50-53-68-101)93(121)107-80(56-49-52-67-100)92(120)106-79(94(122)109-82(97(125)126)58-51-54-69-102)55-44-43-45-59-85(116)77-65-63-76(64-66-77)71-114-91-89(111-99(114)127)90(103)112-98(113-91)104-70-12-8-4/h63-66,78-84,115H,5-62,67-75,100-102H2,1-4H3,(H,105,117)(H,106,120)(H,107,121)(H,108,123)(H,109,122)(H,110,124)(H,111,127)(H,125,126)(H3,103,104,112,113)/t78?,79-,80-,81-,82-,83-,84-/m0/s1. The number of carbonyl (C=O) groups excluding carboxylic acids is 9. The van der Waals surface area contributed by atoms with Gasteiger partial charge in [0.25, 0.3) is 0 Å². The number of nitrogens with zero attached hydrogens (tertiary/aromatic N) is 3. The number of carbonyl (C=O) groups is 10. The minimum Gasteiger partial charge on any atom is -0.480 e. The van der Waals surface area contributed by atoms with Crippen LogP contribution in [0.3, 0.4) is 0 Å². The van der Waals surface area contributed by atoms with E-state index in [-0.39, 0.29) is 101 Å². The number of amides is 6. The molecule has 0 aliphatic heterocycles. The number of imidazole rings is 1. The van der Waals surface area contributed by atoms with E-state index in [1.807, 2.05) is 0 Å². The lowest BCUT2D eigenvalue weighted by Gasteiger charge is -2.27. The summed E-state index contributed by atoms with van der Waals surface area (Å²) in [6, 6.07) is -1.47. The summed E-state index contributed by atoms with van der Waals surface area (Å²) >= 11 is 1.19. The Morgan fingerprint density at radius 3 is 1.22 bits per heavy atom. The van der Waals surface area contributed by atoms with Crippen molar-refractivity contribution in [3.05, 3.63) is 45.9 Å². The van der Waals surface area contributed by atoms with Crippen LogP contribution in [0.1, 0.15) is 416 Å². The van der Waals surface area contributed by atoms with Crippen molar-refractivity contribution < 1.29 is 67.6 Å². The van der Waals surface area contributed by atoms with E-state index >= 15 is 0 Å². The van der Waals surface area contributed by atoms with Gasteiger partial charge >= 0.3 is 23.6 Å². The summed E-state index contributed by atoms with van der Waals surface area (Å²) in [6.45, 7) is 9.12. The number of aromatic nitrogens is 4. The maximum atomic E-state index is 14.8. The highest BCUT2D eigenvalue weighted by atomic mass is 32.2. The molecule has 0 aliphatic rings. The van der Waals surface area contributed by atoms with Crippen LogP contribution in [0.25, 0.3) is 11.2 Å². The minimum atomic E-state index is -1.67. The first-order valence-electron chi connectivity index (χ1n) is 51.0. The van der Waals surface area contributed by atoms with E-state index in [9.17, 15) is 63.0 Å². The van der Waals surface area contributed by atoms with Crippen molar-refractivity contribution in [1.82, 2.24) is 51.4 Å². The second-order valence-corrected chi connectivity index (χ2v) is 36.8. The molecule has 30 nitrogen and oxygen atoms in total. The van der Waals surface area contributed by atoms with Gasteiger partial charge in [0.1, 0.15) is 54.5 Å². The number of ketones is 1. The van der Waals surface area contributed by atoms with Gasteiger partial charge in [0.15, 0.2) is 17.2 Å². The van der Waals surface area contributed by atoms with Crippen LogP contribution in [0.5, 0.6) is 0 Å². The van der Waals surface area contributed by atoms with E-state index in [1.165, 1.54) is 177 Å². The highest BCUT2D eigenvalue weighted by molar-refractivity contribution is 7.99. The van der Waals surface area contributed by atoms with E-state index in [1.54, 1.807) is 24.3 Å². The Labute approximate surface area is 782 Å². The number of Topliss-reactive ketones (excluding diaryl/α,β-unsaturated/α-hetero) is 1. The number of aliphatic carboxylic acids is 1. The van der Waals surface area contributed by atoms with Crippen molar-refractivity contribution in [3.8, 4) is 0 Å². The largest absolute Gasteiger partial charge is 0.480 e. The number of ether oxygens (including phenoxy) is 2. The molecule has 130 heavy (non-hydrogen) atoms. The van der Waals surface area contributed by atoms with Gasteiger partial charge in [0, 0.05) is 49.3 Å². The van der Waals surface area contributed by atoms with E-state index < -0.39 is 108 Å². The number of unbranched alkanes of at least 4 members (excludes halogenated alkanes) is 42. The number of fused-ring (bicyclic) bond motifs is 1. The zero-order valence-corrected chi connectivity index (χ0v) is 81.3. The van der Waals surface area contributed by atoms with Crippen molar-refractivity contribution in [3.63, 3.8) is 0 Å². The fraction of sp³-hybridized carbons (Fsp3) is 0.788. The lowest BCUT2D eigenvalue weighted by atomic mass is 10.0. The van der Waals surface area contributed by atoms with Gasteiger partial charge in [-0.3, -0.25) is 47.7 Å². The number of hydrogen-bond donors (Lipinski definition) is 14. The van der Waals surface area contributed by atoms with E-state index in [2.05, 4.69) is 79.9 Å². The van der Waals surface area contributed by atoms with Crippen LogP contribution in [0, 0.1) is 0 Å². The molecule has 2 aromatic heterocycles. The van der Waals surface area contributed by atoms with Crippen LogP contribution in [0.15, 0.2) is 29.1 Å². The predicted molar refractivity (Wildman–Crippen MR) is 523 cm³/mol. The number of aliphatic hydroxyl groups is 1. The number of H-pyrrole nitrogens is 1. The van der Waals surface area contributed by atoms with Crippen molar-refractivity contribution in [2.75, 3.05) is 61.9 Å². The molecule has 3 rings (SSSR count). The average Bonchev–Trinajstić information content (AvgIpc) is 1.63. The summed E-state index contributed by atoms with van der Waals surface area (Å²) in [5.74, 6) is -6.47. The Bertz CT molecular complexity index is 3610. The predicted octanol–water partition coefficient (Wildman–Crippen LogP) is 16.1. The first-order valence-corrected chi connectivity index (χ1v) is 52.1. The SMILES string of the molecule is CCCCCCCCCCCCCCCC(=O)N[C@@H](CSCC(COC(=O)CCCCCCCCCCCCCCC)OC(=O)CCCCCCCCCCCCCCC)C(=O)N[C@@H](CO)C(=O)N[C@@H](CCCCN)C(=O)N[C@@H](CCCCN)C(=O)N[C@@H](CCCCCC(=O)c1ccc(Cn2c(=O)[nH]c3c(N)nc(NCCCC)nc32)cc1)C(=O)N[C@@H](CCCCN)C(=O)O. The van der Waals surface area contributed by atoms with Crippen LogP contribution in [0.2, 0.25) is 0 Å². The smallest absolute Gasteiger partial charge is 0.328 e. The third-order valence-electron chi connectivity index (χ3n) is 24.1. The molecule has 3 aromatic rings. The molecule has 742 valence electrons. The van der Waals surface area contributed by atoms with Gasteiger partial charge in [0.05, 0.1) is 13.2 Å². The molecule has 2 heterocycles. The molecule has 0 spiro atoms. The van der Waals surface area contributed by atoms with Gasteiger partial charge in [-0.1, -0.05) is 302 Å². The van der Waals surface area contributed by atoms with Crippen LogP contribution >= 0.6 is 11.8 Å². The lowest BCUT2D eigenvalue weighted by Crippen LogP contribution is -2.60. The first kappa shape index (κ1) is 116. The van der Waals surface area contributed by atoms with Gasteiger partial charge in [-0.2, -0.15) is 21.7 Å². The van der Waals surface area contributed by atoms with Gasteiger partial charge in [-0.15, -0.1) is 0 Å². The van der Waals surface area contributed by atoms with Crippen molar-refractivity contribution in [2.45, 2.75) is 449 Å². The van der Waals surface area contributed by atoms with E-state index in [0.717, 1.165) is 89.0 Å². The Morgan fingerprint density at radius 1 is 0.423 bits per heavy atom. The number of nitrogens with two attached hydrogens (primary N) is 4. The lowest BCUT2D eigenvalue weighted by molar-refractivity contribution is -0.157. The second-order valence-electron chi connectivity index (χ2n) is 35.8. The topological polar surface area (TPSA) is 481 Å². The number of benzene rings is 1. The van der Waals surface area contributed by atoms with Crippen LogP contribution in [0.4, 0.5) is 11.8 Å². The summed E-state index contributed by atoms with van der Waals surface area (Å²) in [7, 11) is 0. The van der Waals surface area contributed by atoms with Gasteiger partial charge < -0.3 is 84.8 Å². The number of aromatic amines is 1. The van der Waals surface area contributed by atoms with Crippen LogP contribution in [-0.2, 0) is 59.2 Å². The number of carboxylic acids is 1. The Balaban J connectivity index is 1.84. The van der Waals surface area contributed by atoms with Crippen LogP contribution in [-0.4, -0.2) is 182 Å². The Hall–Kier alpha value is -7.74. The molecule has 0 saturated heterocycles. The molecular weight excluding hydrogens is 1670 g/mol. The molecule has 31 heteroatoms. The molecule has 1 unspecified atom stereocenters. The van der Waals surface area contributed by atoms with Gasteiger partial charge in [-0.25, -0.2) is 9.59 Å². The summed E-state index contributed by atoms with van der Waals surface area (Å²) in [6.07, 6.45) is 49.6. The molecule has 0 aliphatic carbocycles. The fourth-order valence-electron chi connectivity index (χ4n) is 15.9. The zero-order valence-electron chi connectivity index (χ0n) is 80.5. The molecule has 18 N–H and O–H groups in total. The third kappa shape index (κ3) is 55.1. The maximum absolute atomic E-state index is 14.8. The molecule has 0 fully saturated rings. The number of esters is 2. The molecule has 0 saturated carbocycles. The zero-order chi connectivity index (χ0) is 94.8. The van der Waals surface area contributed by atoms with Crippen molar-refractivity contribution >= 4 is 93.8 Å². The number of anilines is 2. The van der Waals surface area contributed by atoms with Crippen molar-refractivity contribution in [2.24, 2.45) is 17.2 Å². The van der Waals surface area contributed by atoms with Gasteiger partial charge in [0.2, 0.25) is 41.4 Å². The summed E-state index contributed by atoms with van der Waals surface area (Å²) < 4.78 is 13.3. The molecule has 7 atom stereocenters. The highest BCUT2D eigenvalue weighted by Crippen LogP contribution is 2.23. The maximum Gasteiger partial charge on any atom is 0.328 e. The number of aliphatic hydroxyl groups excluding tert-OH is 1. The highest BCUT2D eigenvalue weighted by Gasteiger charge is 2.34.